The highest BCUT2D eigenvalue weighted by molar-refractivity contribution is 5.22. The molecule has 2 rings (SSSR count). The average Bonchev–Trinajstić information content (AvgIpc) is 2.36. The van der Waals surface area contributed by atoms with Gasteiger partial charge in [-0.05, 0) is 35.8 Å². The highest BCUT2D eigenvalue weighted by Gasteiger charge is 2.27. The van der Waals surface area contributed by atoms with Crippen LogP contribution in [-0.4, -0.2) is 13.2 Å². The highest BCUT2D eigenvalue weighted by atomic mass is 16.5. The summed E-state index contributed by atoms with van der Waals surface area (Å²) in [6, 6.07) is 9.35. The fourth-order valence-corrected chi connectivity index (χ4v) is 3.13. The molecule has 0 heterocycles. The number of hydrogen-bond acceptors (Lipinski definition) is 2. The van der Waals surface area contributed by atoms with E-state index < -0.39 is 0 Å². The number of ether oxygens (including phenoxy) is 1. The van der Waals surface area contributed by atoms with Crippen molar-refractivity contribution in [1.82, 2.24) is 5.32 Å². The van der Waals surface area contributed by atoms with Crippen LogP contribution in [0.15, 0.2) is 24.3 Å². The van der Waals surface area contributed by atoms with Crippen LogP contribution in [0.5, 0.6) is 0 Å². The normalized spacial score (nSPS) is 22.4. The number of hydrogen-bond donors (Lipinski definition) is 1. The summed E-state index contributed by atoms with van der Waals surface area (Å²) in [5.74, 6) is 0. The molecule has 1 N–H and O–H groups in total. The summed E-state index contributed by atoms with van der Waals surface area (Å²) in [4.78, 5) is 0. The van der Waals surface area contributed by atoms with E-state index in [-0.39, 0.29) is 0 Å². The van der Waals surface area contributed by atoms with Gasteiger partial charge in [0.2, 0.25) is 0 Å². The summed E-state index contributed by atoms with van der Waals surface area (Å²) in [7, 11) is 1.75. The van der Waals surface area contributed by atoms with Crippen LogP contribution in [0.2, 0.25) is 0 Å². The molecule has 2 nitrogen and oxygen atoms in total. The number of rotatable bonds is 5. The van der Waals surface area contributed by atoms with Gasteiger partial charge in [-0.2, -0.15) is 0 Å². The zero-order valence-corrected chi connectivity index (χ0v) is 12.5. The third kappa shape index (κ3) is 4.63. The van der Waals surface area contributed by atoms with Crippen molar-refractivity contribution in [1.29, 1.82) is 0 Å². The molecule has 1 fully saturated rings. The predicted molar refractivity (Wildman–Crippen MR) is 80.0 cm³/mol. The van der Waals surface area contributed by atoms with Crippen molar-refractivity contribution in [3.8, 4) is 0 Å². The van der Waals surface area contributed by atoms with Crippen LogP contribution in [-0.2, 0) is 17.9 Å². The largest absolute Gasteiger partial charge is 0.380 e. The molecule has 1 unspecified atom stereocenters. The Kier molecular flexibility index (Phi) is 5.00. The molecule has 0 bridgehead atoms. The van der Waals surface area contributed by atoms with Gasteiger partial charge in [-0.15, -0.1) is 0 Å². The molecule has 1 aromatic rings. The summed E-state index contributed by atoms with van der Waals surface area (Å²) in [5.41, 5.74) is 3.12. The lowest BCUT2D eigenvalue weighted by Crippen LogP contribution is -2.36. The van der Waals surface area contributed by atoms with Crippen LogP contribution >= 0.6 is 0 Å². The first-order valence-electron chi connectivity index (χ1n) is 7.39. The second-order valence-corrected chi connectivity index (χ2v) is 6.59. The van der Waals surface area contributed by atoms with Crippen molar-refractivity contribution in [2.75, 3.05) is 7.11 Å². The molecule has 1 aromatic carbocycles. The van der Waals surface area contributed by atoms with Gasteiger partial charge < -0.3 is 10.1 Å². The molecule has 1 saturated carbocycles. The van der Waals surface area contributed by atoms with Crippen molar-refractivity contribution in [3.63, 3.8) is 0 Å². The van der Waals surface area contributed by atoms with Gasteiger partial charge >= 0.3 is 0 Å². The maximum Gasteiger partial charge on any atom is 0.0713 e. The lowest BCUT2D eigenvalue weighted by atomic mass is 9.75. The van der Waals surface area contributed by atoms with Gasteiger partial charge in [0.05, 0.1) is 6.61 Å². The van der Waals surface area contributed by atoms with Crippen molar-refractivity contribution >= 4 is 0 Å². The minimum Gasteiger partial charge on any atom is -0.380 e. The van der Waals surface area contributed by atoms with Gasteiger partial charge in [-0.1, -0.05) is 44.5 Å². The molecule has 0 aliphatic heterocycles. The monoisotopic (exact) mass is 261 g/mol. The Morgan fingerprint density at radius 3 is 2.84 bits per heavy atom. The lowest BCUT2D eigenvalue weighted by molar-refractivity contribution is 0.184. The fraction of sp³-hybridized carbons (Fsp3) is 0.647. The van der Waals surface area contributed by atoms with Crippen molar-refractivity contribution in [2.24, 2.45) is 5.41 Å². The second-order valence-electron chi connectivity index (χ2n) is 6.59. The van der Waals surface area contributed by atoms with Crippen LogP contribution < -0.4 is 5.32 Å². The molecule has 1 aliphatic carbocycles. The van der Waals surface area contributed by atoms with E-state index in [4.69, 9.17) is 4.74 Å². The van der Waals surface area contributed by atoms with E-state index in [1.54, 1.807) is 7.11 Å². The van der Waals surface area contributed by atoms with Gasteiger partial charge in [0.25, 0.3) is 0 Å². The van der Waals surface area contributed by atoms with Crippen LogP contribution in [0.3, 0.4) is 0 Å². The van der Waals surface area contributed by atoms with E-state index >= 15 is 0 Å². The maximum atomic E-state index is 5.18. The zero-order chi connectivity index (χ0) is 13.7. The van der Waals surface area contributed by atoms with Crippen LogP contribution in [0, 0.1) is 5.41 Å². The summed E-state index contributed by atoms with van der Waals surface area (Å²) >= 11 is 0. The first-order chi connectivity index (χ1) is 9.09. The topological polar surface area (TPSA) is 21.3 Å². The standard InChI is InChI=1S/C17H27NO/c1-17(2)9-5-8-16(11-17)18-12-14-6-4-7-15(10-14)13-19-3/h4,6-7,10,16,18H,5,8-9,11-13H2,1-3H3. The van der Waals surface area contributed by atoms with E-state index in [1.165, 1.54) is 36.8 Å². The molecule has 0 amide bonds. The van der Waals surface area contributed by atoms with Crippen LogP contribution in [0.4, 0.5) is 0 Å². The van der Waals surface area contributed by atoms with Crippen molar-refractivity contribution in [2.45, 2.75) is 58.7 Å². The third-order valence-corrected chi connectivity index (χ3v) is 4.10. The molecule has 0 spiro atoms. The van der Waals surface area contributed by atoms with Crippen LogP contribution in [0.1, 0.15) is 50.7 Å². The van der Waals surface area contributed by atoms with E-state index in [1.807, 2.05) is 0 Å². The van der Waals surface area contributed by atoms with E-state index in [2.05, 4.69) is 43.4 Å². The Morgan fingerprint density at radius 2 is 2.11 bits per heavy atom. The molecular weight excluding hydrogens is 234 g/mol. The number of methoxy groups -OCH3 is 1. The third-order valence-electron chi connectivity index (χ3n) is 4.10. The van der Waals surface area contributed by atoms with Gasteiger partial charge in [0.1, 0.15) is 0 Å². The number of benzene rings is 1. The molecule has 1 aliphatic rings. The van der Waals surface area contributed by atoms with E-state index in [9.17, 15) is 0 Å². The molecule has 0 radical (unpaired) electrons. The lowest BCUT2D eigenvalue weighted by Gasteiger charge is -2.35. The Morgan fingerprint density at radius 1 is 1.32 bits per heavy atom. The predicted octanol–water partition coefficient (Wildman–Crippen LogP) is 3.89. The smallest absolute Gasteiger partial charge is 0.0713 e. The van der Waals surface area contributed by atoms with Crippen LogP contribution in [0.25, 0.3) is 0 Å². The Labute approximate surface area is 117 Å². The molecule has 106 valence electrons. The van der Waals surface area contributed by atoms with Gasteiger partial charge in [-0.3, -0.25) is 0 Å². The minimum atomic E-state index is 0.508. The van der Waals surface area contributed by atoms with E-state index in [0.29, 0.717) is 18.1 Å². The maximum absolute atomic E-state index is 5.18. The molecule has 1 atom stereocenters. The molecule has 2 heteroatoms. The Balaban J connectivity index is 1.86. The first kappa shape index (κ1) is 14.5. The molecule has 0 saturated heterocycles. The Bertz CT molecular complexity index is 400. The summed E-state index contributed by atoms with van der Waals surface area (Å²) in [5, 5.41) is 3.72. The van der Waals surface area contributed by atoms with Crippen molar-refractivity contribution < 1.29 is 4.74 Å². The van der Waals surface area contributed by atoms with Crippen molar-refractivity contribution in [3.05, 3.63) is 35.4 Å². The fourth-order valence-electron chi connectivity index (χ4n) is 3.13. The summed E-state index contributed by atoms with van der Waals surface area (Å²) in [6.07, 6.45) is 5.34. The summed E-state index contributed by atoms with van der Waals surface area (Å²) < 4.78 is 5.18. The zero-order valence-electron chi connectivity index (χ0n) is 12.5. The summed E-state index contributed by atoms with van der Waals surface area (Å²) in [6.45, 7) is 6.45. The molecule has 19 heavy (non-hydrogen) atoms. The van der Waals surface area contributed by atoms with Gasteiger partial charge in [0.15, 0.2) is 0 Å². The molecular formula is C17H27NO. The highest BCUT2D eigenvalue weighted by Crippen LogP contribution is 2.35. The second kappa shape index (κ2) is 6.53. The average molecular weight is 261 g/mol. The Hall–Kier alpha value is -0.860. The SMILES string of the molecule is COCc1cccc(CNC2CCCC(C)(C)C2)c1. The first-order valence-corrected chi connectivity index (χ1v) is 7.39. The minimum absolute atomic E-state index is 0.508. The van der Waals surface area contributed by atoms with E-state index in [0.717, 1.165) is 6.54 Å². The quantitative estimate of drug-likeness (QED) is 0.868. The molecule has 0 aromatic heterocycles. The van der Waals surface area contributed by atoms with Gasteiger partial charge in [0, 0.05) is 19.7 Å². The van der Waals surface area contributed by atoms with Gasteiger partial charge in [-0.25, -0.2) is 0 Å². The number of nitrogens with one attached hydrogen (secondary N) is 1.